The summed E-state index contributed by atoms with van der Waals surface area (Å²) < 4.78 is 98.3. The number of Topliss-reactive ketones (excluding diaryl/α,β-unsaturated/α-hetero) is 2. The number of unbranched alkanes of at least 4 members (excludes halogenated alkanes) is 1. The number of nitrogens with one attached hydrogen (secondary N) is 2. The molecular weight excluding hydrogens is 785 g/mol. The van der Waals surface area contributed by atoms with Crippen LogP contribution in [0.15, 0.2) is 48.5 Å². The molecule has 11 nitrogen and oxygen atoms in total. The lowest BCUT2D eigenvalue weighted by molar-refractivity contribution is -0.154. The number of ether oxygens (including phenoxy) is 1. The van der Waals surface area contributed by atoms with Crippen LogP contribution in [0.4, 0.5) is 27.9 Å². The van der Waals surface area contributed by atoms with E-state index in [-0.39, 0.29) is 61.9 Å². The predicted octanol–water partition coefficient (Wildman–Crippen LogP) is 7.13. The van der Waals surface area contributed by atoms with Crippen LogP contribution in [-0.2, 0) is 31.6 Å². The maximum Gasteiger partial charge on any atom is 0.422 e. The van der Waals surface area contributed by atoms with E-state index in [1.165, 1.54) is 0 Å². The highest BCUT2D eigenvalue weighted by Crippen LogP contribution is 2.70. The summed E-state index contributed by atoms with van der Waals surface area (Å²) in [6.07, 6.45) is -2.15. The first-order chi connectivity index (χ1) is 26.4. The van der Waals surface area contributed by atoms with Gasteiger partial charge in [0.2, 0.25) is 21.9 Å². The maximum atomic E-state index is 13.9. The third-order valence-corrected chi connectivity index (χ3v) is 13.0. The predicted molar refractivity (Wildman–Crippen MR) is 193 cm³/mol. The summed E-state index contributed by atoms with van der Waals surface area (Å²) in [6, 6.07) is 13.2. The van der Waals surface area contributed by atoms with Gasteiger partial charge in [-0.2, -0.15) is 28.1 Å². The number of alkyl halides is 5. The second kappa shape index (κ2) is 14.9. The minimum absolute atomic E-state index is 0.00265. The van der Waals surface area contributed by atoms with Crippen LogP contribution < -0.4 is 14.8 Å². The number of halogens is 6. The maximum absolute atomic E-state index is 13.9. The molecule has 4 saturated carbocycles. The quantitative estimate of drug-likeness (QED) is 0.0724. The van der Waals surface area contributed by atoms with Crippen LogP contribution in [0.2, 0.25) is 5.02 Å². The van der Waals surface area contributed by atoms with E-state index >= 15 is 0 Å². The minimum Gasteiger partial charge on any atom is -0.454 e. The topological polar surface area (TPSA) is 157 Å². The summed E-state index contributed by atoms with van der Waals surface area (Å²) >= 11 is 6.03. The lowest BCUT2D eigenvalue weighted by atomic mass is 9.91. The number of benzene rings is 2. The van der Waals surface area contributed by atoms with Crippen LogP contribution in [-0.4, -0.2) is 64.8 Å². The van der Waals surface area contributed by atoms with E-state index in [1.54, 1.807) is 36.4 Å². The van der Waals surface area contributed by atoms with E-state index in [4.69, 9.17) is 16.3 Å². The molecule has 300 valence electrons. The van der Waals surface area contributed by atoms with Gasteiger partial charge in [0.1, 0.15) is 11.6 Å². The molecule has 18 heteroatoms. The van der Waals surface area contributed by atoms with Gasteiger partial charge < -0.3 is 10.1 Å². The first-order valence-corrected chi connectivity index (χ1v) is 20.4. The summed E-state index contributed by atoms with van der Waals surface area (Å²) in [4.78, 5) is 51.6. The van der Waals surface area contributed by atoms with Gasteiger partial charge in [0.15, 0.2) is 12.4 Å². The van der Waals surface area contributed by atoms with Crippen molar-refractivity contribution in [1.29, 1.82) is 0 Å². The highest BCUT2D eigenvalue weighted by Gasteiger charge is 2.74. The van der Waals surface area contributed by atoms with Crippen LogP contribution in [0.1, 0.15) is 97.9 Å². The van der Waals surface area contributed by atoms with Crippen molar-refractivity contribution in [3.8, 4) is 6.01 Å². The SMILES string of the molecule is O=C(CCCCC(=O)c1ccc(Cc2nc(NC3(c4ccc(Cl)cc4)CC3)nc(OCC(F)(F)F)n2)cc1)C[C@]1(C(=O)NS(=O)(=O)C2CC2)C[C@H]1C1CC1(F)F. The molecule has 2 aromatic carbocycles. The number of carbonyl (C=O) groups is 3. The van der Waals surface area contributed by atoms with Gasteiger partial charge in [-0.25, -0.2) is 17.2 Å². The Kier molecular flexibility index (Phi) is 10.6. The number of nitrogens with zero attached hydrogens (tertiary/aromatic N) is 3. The zero-order valence-corrected chi connectivity index (χ0v) is 31.6. The molecule has 7 rings (SSSR count). The Labute approximate surface area is 324 Å². The first kappa shape index (κ1) is 40.0. The lowest BCUT2D eigenvalue weighted by Crippen LogP contribution is -2.40. The largest absolute Gasteiger partial charge is 0.454 e. The van der Waals surface area contributed by atoms with Gasteiger partial charge in [-0.3, -0.25) is 19.1 Å². The Hall–Kier alpha value is -4.25. The van der Waals surface area contributed by atoms with E-state index in [1.807, 2.05) is 16.9 Å². The van der Waals surface area contributed by atoms with Crippen molar-refractivity contribution >= 4 is 45.0 Å². The fourth-order valence-corrected chi connectivity index (χ4v) is 8.80. The van der Waals surface area contributed by atoms with E-state index in [0.29, 0.717) is 41.8 Å². The number of amides is 1. The summed E-state index contributed by atoms with van der Waals surface area (Å²) in [5.74, 6) is -5.97. The van der Waals surface area contributed by atoms with Crippen LogP contribution in [0.25, 0.3) is 0 Å². The van der Waals surface area contributed by atoms with Gasteiger partial charge in [0.25, 0.3) is 5.92 Å². The molecule has 3 aromatic rings. The van der Waals surface area contributed by atoms with Gasteiger partial charge in [-0.1, -0.05) is 48.0 Å². The second-order valence-corrected chi connectivity index (χ2v) is 17.8. The summed E-state index contributed by atoms with van der Waals surface area (Å²) in [5, 5.41) is 3.11. The number of sulfonamides is 1. The van der Waals surface area contributed by atoms with Gasteiger partial charge in [-0.15, -0.1) is 0 Å². The molecule has 0 saturated heterocycles. The molecule has 1 aromatic heterocycles. The fourth-order valence-electron chi connectivity index (χ4n) is 7.29. The monoisotopic (exact) mass is 823 g/mol. The molecule has 56 heavy (non-hydrogen) atoms. The van der Waals surface area contributed by atoms with Crippen molar-refractivity contribution in [2.24, 2.45) is 17.3 Å². The van der Waals surface area contributed by atoms with Crippen LogP contribution in [0, 0.1) is 17.3 Å². The van der Waals surface area contributed by atoms with E-state index < -0.39 is 68.7 Å². The molecule has 4 fully saturated rings. The zero-order chi connectivity index (χ0) is 40.1. The number of aromatic nitrogens is 3. The standard InChI is InChI=1S/C38H39ClF5N5O6S/c39-25-11-9-24(10-12-25)36(15-16-36)48-33-45-31(46-34(47-33)55-21-38(42,43)44)17-22-5-7-23(8-6-22)30(51)4-2-1-3-26(50)18-35(19-28(35)29-20-37(29,40)41)32(52)49-56(53,54)27-13-14-27/h5-12,27-29H,1-4,13-21H2,(H,49,52)(H,45,46,47,48)/t28-,29?,35-/m0/s1. The highest BCUT2D eigenvalue weighted by atomic mass is 35.5. The second-order valence-electron chi connectivity index (χ2n) is 15.4. The summed E-state index contributed by atoms with van der Waals surface area (Å²) in [7, 11) is -3.91. The molecule has 0 radical (unpaired) electrons. The first-order valence-electron chi connectivity index (χ1n) is 18.4. The number of carbonyl (C=O) groups excluding carboxylic acids is 3. The van der Waals surface area contributed by atoms with Crippen molar-refractivity contribution in [2.75, 3.05) is 11.9 Å². The zero-order valence-electron chi connectivity index (χ0n) is 30.0. The van der Waals surface area contributed by atoms with Crippen LogP contribution in [0.5, 0.6) is 6.01 Å². The average molecular weight is 824 g/mol. The van der Waals surface area contributed by atoms with Gasteiger partial charge in [-0.05, 0) is 74.1 Å². The molecule has 2 N–H and O–H groups in total. The third-order valence-electron chi connectivity index (χ3n) is 10.9. The molecule has 4 aliphatic rings. The average Bonchev–Trinajstić information content (AvgIpc) is 3.93. The van der Waals surface area contributed by atoms with Crippen LogP contribution >= 0.6 is 11.6 Å². The van der Waals surface area contributed by atoms with Crippen LogP contribution in [0.3, 0.4) is 0 Å². The fraction of sp³-hybridized carbons (Fsp3) is 0.526. The Morgan fingerprint density at radius 1 is 0.893 bits per heavy atom. The molecule has 1 heterocycles. The molecule has 4 aliphatic carbocycles. The van der Waals surface area contributed by atoms with Crippen molar-refractivity contribution in [3.05, 3.63) is 76.1 Å². The van der Waals surface area contributed by atoms with Gasteiger partial charge in [0, 0.05) is 48.6 Å². The molecule has 1 amide bonds. The number of hydrogen-bond donors (Lipinski definition) is 2. The molecular formula is C38H39ClF5N5O6S. The van der Waals surface area contributed by atoms with E-state index in [9.17, 15) is 44.8 Å². The highest BCUT2D eigenvalue weighted by molar-refractivity contribution is 7.90. The molecule has 0 aliphatic heterocycles. The molecule has 3 atom stereocenters. The number of hydrogen-bond acceptors (Lipinski definition) is 10. The lowest BCUT2D eigenvalue weighted by Gasteiger charge is -2.19. The van der Waals surface area contributed by atoms with Crippen molar-refractivity contribution in [3.63, 3.8) is 0 Å². The molecule has 0 spiro atoms. The Morgan fingerprint density at radius 3 is 2.16 bits per heavy atom. The Balaban J connectivity index is 0.922. The smallest absolute Gasteiger partial charge is 0.422 e. The summed E-state index contributed by atoms with van der Waals surface area (Å²) in [5.41, 5.74) is -0.00960. The normalized spacial score (nSPS) is 23.2. The van der Waals surface area contributed by atoms with Crippen molar-refractivity contribution < 1.29 is 49.5 Å². The van der Waals surface area contributed by atoms with E-state index in [2.05, 4.69) is 20.3 Å². The summed E-state index contributed by atoms with van der Waals surface area (Å²) in [6.45, 7) is -1.59. The number of rotatable bonds is 19. The Bertz CT molecular complexity index is 2110. The van der Waals surface area contributed by atoms with Gasteiger partial charge >= 0.3 is 12.2 Å². The molecule has 0 bridgehead atoms. The number of anilines is 1. The Morgan fingerprint density at radius 2 is 1.55 bits per heavy atom. The minimum atomic E-state index is -4.61. The molecule has 1 unspecified atom stereocenters. The van der Waals surface area contributed by atoms with Crippen molar-refractivity contribution in [2.45, 2.75) is 99.9 Å². The van der Waals surface area contributed by atoms with Crippen molar-refractivity contribution in [1.82, 2.24) is 19.7 Å². The van der Waals surface area contributed by atoms with Gasteiger partial charge in [0.05, 0.1) is 16.2 Å². The third kappa shape index (κ3) is 9.47. The number of ketones is 2. The van der Waals surface area contributed by atoms with E-state index in [0.717, 1.165) is 18.4 Å².